The van der Waals surface area contributed by atoms with Gasteiger partial charge in [0.25, 0.3) is 0 Å². The number of rotatable bonds is 1. The molecule has 0 amide bonds. The van der Waals surface area contributed by atoms with Crippen molar-refractivity contribution in [3.8, 4) is 11.3 Å². The van der Waals surface area contributed by atoms with E-state index in [9.17, 15) is 0 Å². The van der Waals surface area contributed by atoms with Crippen molar-refractivity contribution in [2.24, 2.45) is 7.05 Å². The van der Waals surface area contributed by atoms with E-state index < -0.39 is 0 Å². The second-order valence-electron chi connectivity index (χ2n) is 4.83. The summed E-state index contributed by atoms with van der Waals surface area (Å²) in [7, 11) is 1.98. The zero-order valence-electron chi connectivity index (χ0n) is 11.0. The van der Waals surface area contributed by atoms with E-state index in [1.54, 1.807) is 0 Å². The summed E-state index contributed by atoms with van der Waals surface area (Å²) in [6.07, 6.45) is 3.72. The zero-order chi connectivity index (χ0) is 13.7. The molecule has 0 bridgehead atoms. The second kappa shape index (κ2) is 3.84. The molecule has 3 heterocycles. The molecule has 0 aliphatic heterocycles. The van der Waals surface area contributed by atoms with Gasteiger partial charge in [0.2, 0.25) is 0 Å². The molecule has 98 valence electrons. The topological polar surface area (TPSA) is 61.1 Å². The first-order chi connectivity index (χ1) is 9.74. The SMILES string of the molecule is Cn1cnc2cc(-c3nc4ccccn4c3N)ccc21. The first kappa shape index (κ1) is 11.0. The summed E-state index contributed by atoms with van der Waals surface area (Å²) in [4.78, 5) is 8.98. The smallest absolute Gasteiger partial charge is 0.139 e. The molecule has 5 nitrogen and oxygen atoms in total. The van der Waals surface area contributed by atoms with Gasteiger partial charge in [-0.05, 0) is 24.3 Å². The summed E-state index contributed by atoms with van der Waals surface area (Å²) in [5.41, 5.74) is 10.9. The van der Waals surface area contributed by atoms with Crippen molar-refractivity contribution < 1.29 is 0 Å². The predicted molar refractivity (Wildman–Crippen MR) is 79.3 cm³/mol. The van der Waals surface area contributed by atoms with Crippen LogP contribution in [0.25, 0.3) is 27.9 Å². The van der Waals surface area contributed by atoms with E-state index in [4.69, 9.17) is 5.73 Å². The molecular weight excluding hydrogens is 250 g/mol. The number of nitrogens with two attached hydrogens (primary N) is 1. The first-order valence-corrected chi connectivity index (χ1v) is 6.38. The van der Waals surface area contributed by atoms with Gasteiger partial charge in [-0.2, -0.15) is 0 Å². The molecule has 4 rings (SSSR count). The van der Waals surface area contributed by atoms with Gasteiger partial charge in [0.15, 0.2) is 0 Å². The molecule has 0 spiro atoms. The first-order valence-electron chi connectivity index (χ1n) is 6.38. The molecule has 0 radical (unpaired) electrons. The molecule has 3 aromatic heterocycles. The Hall–Kier alpha value is -2.82. The van der Waals surface area contributed by atoms with Crippen molar-refractivity contribution in [3.63, 3.8) is 0 Å². The van der Waals surface area contributed by atoms with Crippen molar-refractivity contribution in [1.82, 2.24) is 18.9 Å². The largest absolute Gasteiger partial charge is 0.383 e. The number of imidazole rings is 2. The highest BCUT2D eigenvalue weighted by Crippen LogP contribution is 2.28. The van der Waals surface area contributed by atoms with E-state index in [1.807, 2.05) is 64.9 Å². The van der Waals surface area contributed by atoms with Crippen LogP contribution in [0.4, 0.5) is 5.82 Å². The molecular formula is C15H13N5. The van der Waals surface area contributed by atoms with E-state index >= 15 is 0 Å². The Morgan fingerprint density at radius 1 is 1.15 bits per heavy atom. The Morgan fingerprint density at radius 2 is 2.05 bits per heavy atom. The molecule has 1 aromatic carbocycles. The minimum atomic E-state index is 0.649. The van der Waals surface area contributed by atoms with Crippen LogP contribution in [0.2, 0.25) is 0 Å². The fourth-order valence-electron chi connectivity index (χ4n) is 2.51. The average Bonchev–Trinajstić information content (AvgIpc) is 3.01. The molecule has 0 atom stereocenters. The highest BCUT2D eigenvalue weighted by Gasteiger charge is 2.12. The van der Waals surface area contributed by atoms with Crippen molar-refractivity contribution in [2.75, 3.05) is 5.73 Å². The van der Waals surface area contributed by atoms with Crippen LogP contribution in [0, 0.1) is 0 Å². The molecule has 0 aliphatic rings. The van der Waals surface area contributed by atoms with Crippen LogP contribution >= 0.6 is 0 Å². The second-order valence-corrected chi connectivity index (χ2v) is 4.83. The van der Waals surface area contributed by atoms with E-state index in [1.165, 1.54) is 0 Å². The summed E-state index contributed by atoms with van der Waals surface area (Å²) in [5, 5.41) is 0. The average molecular weight is 263 g/mol. The number of hydrogen-bond donors (Lipinski definition) is 1. The van der Waals surface area contributed by atoms with E-state index in [0.29, 0.717) is 5.82 Å². The van der Waals surface area contributed by atoms with Crippen molar-refractivity contribution >= 4 is 22.5 Å². The van der Waals surface area contributed by atoms with Crippen molar-refractivity contribution in [1.29, 1.82) is 0 Å². The number of fused-ring (bicyclic) bond motifs is 2. The fraction of sp³-hybridized carbons (Fsp3) is 0.0667. The van der Waals surface area contributed by atoms with E-state index in [2.05, 4.69) is 9.97 Å². The molecule has 0 unspecified atom stereocenters. The quantitative estimate of drug-likeness (QED) is 0.574. The highest BCUT2D eigenvalue weighted by atomic mass is 15.1. The lowest BCUT2D eigenvalue weighted by Crippen LogP contribution is -1.93. The fourth-order valence-corrected chi connectivity index (χ4v) is 2.51. The summed E-state index contributed by atoms with van der Waals surface area (Å²) >= 11 is 0. The Kier molecular flexibility index (Phi) is 2.12. The molecule has 5 heteroatoms. The lowest BCUT2D eigenvalue weighted by atomic mass is 10.1. The lowest BCUT2D eigenvalue weighted by Gasteiger charge is -2.00. The Labute approximate surface area is 115 Å². The molecule has 0 aliphatic carbocycles. The minimum absolute atomic E-state index is 0.649. The maximum absolute atomic E-state index is 6.20. The molecule has 0 saturated carbocycles. The molecule has 0 saturated heterocycles. The maximum Gasteiger partial charge on any atom is 0.139 e. The standard InChI is InChI=1S/C15H13N5/c1-19-9-17-11-8-10(5-6-12(11)19)14-15(16)20-7-3-2-4-13(20)18-14/h2-9H,16H2,1H3. The number of nitrogen functional groups attached to an aromatic ring is 1. The van der Waals surface area contributed by atoms with Crippen molar-refractivity contribution in [3.05, 3.63) is 48.9 Å². The van der Waals surface area contributed by atoms with Gasteiger partial charge in [-0.15, -0.1) is 0 Å². The zero-order valence-corrected chi connectivity index (χ0v) is 11.0. The summed E-state index contributed by atoms with van der Waals surface area (Å²) < 4.78 is 3.88. The van der Waals surface area contributed by atoms with Gasteiger partial charge >= 0.3 is 0 Å². The Bertz CT molecular complexity index is 932. The number of pyridine rings is 1. The van der Waals surface area contributed by atoms with Crippen LogP contribution in [0.3, 0.4) is 0 Å². The molecule has 4 aromatic rings. The lowest BCUT2D eigenvalue weighted by molar-refractivity contribution is 0.948. The van der Waals surface area contributed by atoms with Gasteiger partial charge in [-0.1, -0.05) is 12.1 Å². The van der Waals surface area contributed by atoms with Crippen LogP contribution in [-0.2, 0) is 7.05 Å². The van der Waals surface area contributed by atoms with Crippen LogP contribution < -0.4 is 5.73 Å². The van der Waals surface area contributed by atoms with Crippen LogP contribution in [0.15, 0.2) is 48.9 Å². The number of anilines is 1. The molecule has 0 fully saturated rings. The maximum atomic E-state index is 6.20. The molecule has 2 N–H and O–H groups in total. The van der Waals surface area contributed by atoms with Gasteiger partial charge in [0.1, 0.15) is 17.2 Å². The van der Waals surface area contributed by atoms with Gasteiger partial charge in [-0.25, -0.2) is 9.97 Å². The number of nitrogens with zero attached hydrogens (tertiary/aromatic N) is 4. The third kappa shape index (κ3) is 1.43. The van der Waals surface area contributed by atoms with Gasteiger partial charge in [-0.3, -0.25) is 4.40 Å². The van der Waals surface area contributed by atoms with E-state index in [-0.39, 0.29) is 0 Å². The number of hydrogen-bond acceptors (Lipinski definition) is 3. The summed E-state index contributed by atoms with van der Waals surface area (Å²) in [5.74, 6) is 0.649. The highest BCUT2D eigenvalue weighted by molar-refractivity contribution is 5.84. The van der Waals surface area contributed by atoms with Crippen molar-refractivity contribution in [2.45, 2.75) is 0 Å². The third-order valence-electron chi connectivity index (χ3n) is 3.57. The summed E-state index contributed by atoms with van der Waals surface area (Å²) in [6, 6.07) is 11.9. The predicted octanol–water partition coefficient (Wildman–Crippen LogP) is 2.47. The Balaban J connectivity index is 1.98. The third-order valence-corrected chi connectivity index (χ3v) is 3.57. The number of benzene rings is 1. The number of aromatic nitrogens is 4. The summed E-state index contributed by atoms with van der Waals surface area (Å²) in [6.45, 7) is 0. The van der Waals surface area contributed by atoms with Gasteiger partial charge < -0.3 is 10.3 Å². The van der Waals surface area contributed by atoms with Crippen LogP contribution in [0.5, 0.6) is 0 Å². The van der Waals surface area contributed by atoms with Gasteiger partial charge in [0, 0.05) is 18.8 Å². The van der Waals surface area contributed by atoms with Crippen LogP contribution in [0.1, 0.15) is 0 Å². The van der Waals surface area contributed by atoms with E-state index in [0.717, 1.165) is 27.9 Å². The normalized spacial score (nSPS) is 11.4. The Morgan fingerprint density at radius 3 is 2.90 bits per heavy atom. The van der Waals surface area contributed by atoms with Gasteiger partial charge in [0.05, 0.1) is 17.4 Å². The minimum Gasteiger partial charge on any atom is -0.383 e. The number of aryl methyl sites for hydroxylation is 1. The monoisotopic (exact) mass is 263 g/mol. The molecule has 20 heavy (non-hydrogen) atoms. The van der Waals surface area contributed by atoms with Crippen LogP contribution in [-0.4, -0.2) is 18.9 Å².